The second-order valence-corrected chi connectivity index (χ2v) is 5.06. The predicted octanol–water partition coefficient (Wildman–Crippen LogP) is 0.419. The van der Waals surface area contributed by atoms with Gasteiger partial charge < -0.3 is 5.32 Å². The van der Waals surface area contributed by atoms with Crippen LogP contribution in [0.5, 0.6) is 0 Å². The van der Waals surface area contributed by atoms with Crippen LogP contribution in [-0.2, 0) is 13.6 Å². The zero-order valence-electron chi connectivity index (χ0n) is 10.6. The first-order chi connectivity index (χ1) is 9.63. The van der Waals surface area contributed by atoms with Gasteiger partial charge in [0.25, 0.3) is 11.5 Å². The highest BCUT2D eigenvalue weighted by molar-refractivity contribution is 7.15. The third kappa shape index (κ3) is 2.32. The lowest BCUT2D eigenvalue weighted by Gasteiger charge is -2.03. The van der Waals surface area contributed by atoms with Crippen LogP contribution in [0.25, 0.3) is 4.96 Å². The Balaban J connectivity index is 1.71. The average Bonchev–Trinajstić information content (AvgIpc) is 3.00. The summed E-state index contributed by atoms with van der Waals surface area (Å²) in [4.78, 5) is 28.4. The van der Waals surface area contributed by atoms with Crippen molar-refractivity contribution in [2.24, 2.45) is 7.05 Å². The van der Waals surface area contributed by atoms with Crippen LogP contribution < -0.4 is 10.9 Å². The van der Waals surface area contributed by atoms with Crippen molar-refractivity contribution in [3.05, 3.63) is 51.6 Å². The van der Waals surface area contributed by atoms with E-state index in [2.05, 4.69) is 15.4 Å². The van der Waals surface area contributed by atoms with Gasteiger partial charge in [0.05, 0.1) is 12.2 Å². The lowest BCUT2D eigenvalue weighted by molar-refractivity contribution is 0.0943. The largest absolute Gasteiger partial charge is 0.345 e. The highest BCUT2D eigenvalue weighted by Gasteiger charge is 2.09. The van der Waals surface area contributed by atoms with Gasteiger partial charge in [0.1, 0.15) is 5.69 Å². The van der Waals surface area contributed by atoms with Crippen LogP contribution in [0.4, 0.5) is 0 Å². The quantitative estimate of drug-likeness (QED) is 0.757. The van der Waals surface area contributed by atoms with E-state index in [9.17, 15) is 9.59 Å². The smallest absolute Gasteiger partial charge is 0.272 e. The lowest BCUT2D eigenvalue weighted by Crippen LogP contribution is -2.28. The minimum Gasteiger partial charge on any atom is -0.345 e. The van der Waals surface area contributed by atoms with Gasteiger partial charge in [0.2, 0.25) is 0 Å². The van der Waals surface area contributed by atoms with Gasteiger partial charge in [-0.1, -0.05) is 0 Å². The normalized spacial score (nSPS) is 10.8. The minimum atomic E-state index is -0.336. The molecule has 3 heterocycles. The maximum Gasteiger partial charge on any atom is 0.272 e. The third-order valence-corrected chi connectivity index (χ3v) is 3.54. The highest BCUT2D eigenvalue weighted by Crippen LogP contribution is 2.11. The van der Waals surface area contributed by atoms with E-state index < -0.39 is 0 Å². The Kier molecular flexibility index (Phi) is 3.07. The summed E-state index contributed by atoms with van der Waals surface area (Å²) in [5.74, 6) is -0.336. The molecule has 0 atom stereocenters. The number of hydrogen-bond acceptors (Lipinski definition) is 5. The molecule has 0 aromatic carbocycles. The molecule has 20 heavy (non-hydrogen) atoms. The standard InChI is InChI=1S/C12H11N5O2S/c1-16-10(18)3-2-9(15-16)11(19)13-6-8-7-17-4-5-20-12(17)14-8/h2-5,7H,6H2,1H3,(H,13,19). The Morgan fingerprint density at radius 1 is 1.45 bits per heavy atom. The van der Waals surface area contributed by atoms with Crippen LogP contribution in [-0.4, -0.2) is 25.1 Å². The van der Waals surface area contributed by atoms with E-state index in [0.29, 0.717) is 6.54 Å². The summed E-state index contributed by atoms with van der Waals surface area (Å²) in [6.07, 6.45) is 3.77. The number of rotatable bonds is 3. The van der Waals surface area contributed by atoms with Crippen molar-refractivity contribution in [3.8, 4) is 0 Å². The van der Waals surface area contributed by atoms with E-state index in [1.165, 1.54) is 30.5 Å². The molecule has 0 aliphatic carbocycles. The molecule has 0 saturated heterocycles. The molecule has 3 aromatic rings. The summed E-state index contributed by atoms with van der Waals surface area (Å²) in [7, 11) is 1.50. The molecular weight excluding hydrogens is 278 g/mol. The van der Waals surface area contributed by atoms with Gasteiger partial charge in [-0.3, -0.25) is 14.0 Å². The van der Waals surface area contributed by atoms with Gasteiger partial charge >= 0.3 is 0 Å². The summed E-state index contributed by atoms with van der Waals surface area (Å²) < 4.78 is 3.03. The molecule has 0 radical (unpaired) electrons. The van der Waals surface area contributed by atoms with Gasteiger partial charge in [0.15, 0.2) is 4.96 Å². The molecular formula is C12H11N5O2S. The maximum absolute atomic E-state index is 11.9. The molecule has 0 saturated carbocycles. The molecule has 3 aromatic heterocycles. The Morgan fingerprint density at radius 3 is 3.05 bits per heavy atom. The molecule has 0 aliphatic heterocycles. The van der Waals surface area contributed by atoms with Crippen molar-refractivity contribution in [2.45, 2.75) is 6.54 Å². The Labute approximate surface area is 117 Å². The SMILES string of the molecule is Cn1nc(C(=O)NCc2cn3ccsc3n2)ccc1=O. The van der Waals surface area contributed by atoms with Crippen LogP contribution in [0.3, 0.4) is 0 Å². The molecule has 1 N–H and O–H groups in total. The van der Waals surface area contributed by atoms with E-state index in [1.807, 2.05) is 22.2 Å². The van der Waals surface area contributed by atoms with Crippen LogP contribution in [0.15, 0.2) is 34.7 Å². The number of carbonyl (C=O) groups is 1. The van der Waals surface area contributed by atoms with Crippen LogP contribution >= 0.6 is 11.3 Å². The topological polar surface area (TPSA) is 81.3 Å². The number of nitrogens with zero attached hydrogens (tertiary/aromatic N) is 4. The highest BCUT2D eigenvalue weighted by atomic mass is 32.1. The number of hydrogen-bond donors (Lipinski definition) is 1. The number of carbonyl (C=O) groups excluding carboxylic acids is 1. The molecule has 7 nitrogen and oxygen atoms in total. The van der Waals surface area contributed by atoms with Gasteiger partial charge in [-0.2, -0.15) is 5.10 Å². The van der Waals surface area contributed by atoms with Gasteiger partial charge in [0, 0.05) is 30.9 Å². The van der Waals surface area contributed by atoms with E-state index in [-0.39, 0.29) is 17.2 Å². The first-order valence-corrected chi connectivity index (χ1v) is 6.75. The summed E-state index contributed by atoms with van der Waals surface area (Å²) >= 11 is 1.53. The van der Waals surface area contributed by atoms with Crippen molar-refractivity contribution in [3.63, 3.8) is 0 Å². The second kappa shape index (κ2) is 4.89. The molecule has 0 fully saturated rings. The fourth-order valence-corrected chi connectivity index (χ4v) is 2.46. The average molecular weight is 289 g/mol. The zero-order chi connectivity index (χ0) is 14.1. The summed E-state index contributed by atoms with van der Waals surface area (Å²) in [6.45, 7) is 0.317. The van der Waals surface area contributed by atoms with Crippen LogP contribution in [0.2, 0.25) is 0 Å². The predicted molar refractivity (Wildman–Crippen MR) is 73.7 cm³/mol. The molecule has 3 rings (SSSR count). The monoisotopic (exact) mass is 289 g/mol. The van der Waals surface area contributed by atoms with Crippen LogP contribution in [0, 0.1) is 0 Å². The van der Waals surface area contributed by atoms with Gasteiger partial charge in [-0.25, -0.2) is 9.67 Å². The first-order valence-electron chi connectivity index (χ1n) is 5.87. The molecule has 1 amide bonds. The lowest BCUT2D eigenvalue weighted by atomic mass is 10.3. The van der Waals surface area contributed by atoms with E-state index in [1.54, 1.807) is 0 Å². The Bertz CT molecular complexity index is 803. The van der Waals surface area contributed by atoms with Crippen LogP contribution in [0.1, 0.15) is 16.2 Å². The van der Waals surface area contributed by atoms with Crippen molar-refractivity contribution in [1.82, 2.24) is 24.5 Å². The van der Waals surface area contributed by atoms with E-state index in [4.69, 9.17) is 0 Å². The van der Waals surface area contributed by atoms with Crippen molar-refractivity contribution >= 4 is 22.2 Å². The maximum atomic E-state index is 11.9. The number of fused-ring (bicyclic) bond motifs is 1. The van der Waals surface area contributed by atoms with Crippen molar-refractivity contribution in [1.29, 1.82) is 0 Å². The van der Waals surface area contributed by atoms with Crippen molar-refractivity contribution < 1.29 is 4.79 Å². The second-order valence-electron chi connectivity index (χ2n) is 4.19. The number of aryl methyl sites for hydroxylation is 1. The molecule has 0 aliphatic rings. The zero-order valence-corrected chi connectivity index (χ0v) is 11.4. The van der Waals surface area contributed by atoms with E-state index in [0.717, 1.165) is 15.3 Å². The molecule has 102 valence electrons. The number of aromatic nitrogens is 4. The summed E-state index contributed by atoms with van der Waals surface area (Å²) in [5.41, 5.74) is 0.721. The number of nitrogens with one attached hydrogen (secondary N) is 1. The first kappa shape index (κ1) is 12.5. The van der Waals surface area contributed by atoms with Crippen molar-refractivity contribution in [2.75, 3.05) is 0 Å². The van der Waals surface area contributed by atoms with E-state index >= 15 is 0 Å². The number of imidazole rings is 1. The Hall–Kier alpha value is -2.48. The number of thiazole rings is 1. The fraction of sp³-hybridized carbons (Fsp3) is 0.167. The number of amides is 1. The molecule has 0 unspecified atom stereocenters. The summed E-state index contributed by atoms with van der Waals surface area (Å²) in [5, 5.41) is 8.55. The third-order valence-electron chi connectivity index (χ3n) is 2.77. The molecule has 0 bridgehead atoms. The molecule has 8 heteroatoms. The summed E-state index contributed by atoms with van der Waals surface area (Å²) in [6, 6.07) is 2.72. The molecule has 0 spiro atoms. The Morgan fingerprint density at radius 2 is 2.30 bits per heavy atom. The minimum absolute atomic E-state index is 0.202. The van der Waals surface area contributed by atoms with Gasteiger partial charge in [-0.15, -0.1) is 11.3 Å². The van der Waals surface area contributed by atoms with Gasteiger partial charge in [-0.05, 0) is 6.07 Å². The fourth-order valence-electron chi connectivity index (χ4n) is 1.75.